The highest BCUT2D eigenvalue weighted by molar-refractivity contribution is 7.98. The normalized spacial score (nSPS) is 27.6. The fourth-order valence-electron chi connectivity index (χ4n) is 2.74. The Kier molecular flexibility index (Phi) is 7.19. The van der Waals surface area contributed by atoms with Crippen molar-refractivity contribution in [1.29, 1.82) is 0 Å². The minimum absolute atomic E-state index is 0.154. The summed E-state index contributed by atoms with van der Waals surface area (Å²) in [6.07, 6.45) is 5.56. The lowest BCUT2D eigenvalue weighted by molar-refractivity contribution is -0.139. The molecule has 5 nitrogen and oxygen atoms in total. The van der Waals surface area contributed by atoms with Crippen molar-refractivity contribution in [3.05, 3.63) is 0 Å². The number of nitrogens with one attached hydrogen (secondary N) is 2. The van der Waals surface area contributed by atoms with Crippen LogP contribution in [0.4, 0.5) is 4.79 Å². The van der Waals surface area contributed by atoms with Crippen LogP contribution in [0.15, 0.2) is 0 Å². The smallest absolute Gasteiger partial charge is 0.326 e. The Morgan fingerprint density at radius 2 is 2.05 bits per heavy atom. The predicted molar refractivity (Wildman–Crippen MR) is 82.1 cm³/mol. The van der Waals surface area contributed by atoms with Crippen LogP contribution >= 0.6 is 11.8 Å². The van der Waals surface area contributed by atoms with E-state index in [-0.39, 0.29) is 12.1 Å². The van der Waals surface area contributed by atoms with E-state index in [1.165, 1.54) is 0 Å². The summed E-state index contributed by atoms with van der Waals surface area (Å²) in [5, 5.41) is 14.6. The molecule has 0 saturated heterocycles. The number of carboxylic acids is 1. The summed E-state index contributed by atoms with van der Waals surface area (Å²) >= 11 is 1.58. The Morgan fingerprint density at radius 1 is 1.35 bits per heavy atom. The van der Waals surface area contributed by atoms with Gasteiger partial charge in [-0.05, 0) is 49.5 Å². The van der Waals surface area contributed by atoms with Gasteiger partial charge in [0.1, 0.15) is 6.04 Å². The number of amides is 2. The molecular weight excluding hydrogens is 276 g/mol. The number of hydrogen-bond acceptors (Lipinski definition) is 3. The van der Waals surface area contributed by atoms with Gasteiger partial charge in [0.2, 0.25) is 0 Å². The molecule has 1 saturated carbocycles. The summed E-state index contributed by atoms with van der Waals surface area (Å²) in [6, 6.07) is -1.01. The van der Waals surface area contributed by atoms with Crippen molar-refractivity contribution >= 4 is 23.8 Å². The second-order valence-electron chi connectivity index (χ2n) is 5.79. The van der Waals surface area contributed by atoms with Crippen molar-refractivity contribution in [2.75, 3.05) is 12.0 Å². The third-order valence-electron chi connectivity index (χ3n) is 3.96. The topological polar surface area (TPSA) is 78.4 Å². The largest absolute Gasteiger partial charge is 0.480 e. The van der Waals surface area contributed by atoms with Crippen LogP contribution in [0.3, 0.4) is 0 Å². The maximum absolute atomic E-state index is 11.9. The van der Waals surface area contributed by atoms with Crippen LogP contribution in [0.5, 0.6) is 0 Å². The summed E-state index contributed by atoms with van der Waals surface area (Å²) in [4.78, 5) is 23.0. The van der Waals surface area contributed by atoms with Gasteiger partial charge in [0.15, 0.2) is 0 Å². The monoisotopic (exact) mass is 302 g/mol. The molecule has 0 aromatic carbocycles. The van der Waals surface area contributed by atoms with Gasteiger partial charge in [0, 0.05) is 6.04 Å². The Bertz CT molecular complexity index is 338. The number of carbonyl (C=O) groups is 2. The van der Waals surface area contributed by atoms with E-state index in [9.17, 15) is 9.59 Å². The number of aliphatic carboxylic acids is 1. The first-order valence-corrected chi connectivity index (χ1v) is 8.62. The molecule has 0 aliphatic heterocycles. The van der Waals surface area contributed by atoms with E-state index in [2.05, 4.69) is 24.5 Å². The average Bonchev–Trinajstić information content (AvgIpc) is 2.37. The molecule has 116 valence electrons. The fourth-order valence-corrected chi connectivity index (χ4v) is 3.21. The summed E-state index contributed by atoms with van der Waals surface area (Å²) < 4.78 is 0. The molecular formula is C14H26N2O3S. The van der Waals surface area contributed by atoms with Crippen molar-refractivity contribution in [2.45, 2.75) is 51.6 Å². The molecule has 0 radical (unpaired) electrons. The summed E-state index contributed by atoms with van der Waals surface area (Å²) in [5.41, 5.74) is 0. The van der Waals surface area contributed by atoms with Gasteiger partial charge in [-0.1, -0.05) is 13.8 Å². The Morgan fingerprint density at radius 3 is 2.60 bits per heavy atom. The SMILES string of the molecule is CSCC[C@@H](NC(=O)NC1CCC(C)CC1C)C(=O)O. The van der Waals surface area contributed by atoms with Gasteiger partial charge in [-0.15, -0.1) is 0 Å². The first kappa shape index (κ1) is 17.1. The van der Waals surface area contributed by atoms with Gasteiger partial charge in [0.25, 0.3) is 0 Å². The summed E-state index contributed by atoms with van der Waals surface area (Å²) in [6.45, 7) is 4.37. The van der Waals surface area contributed by atoms with E-state index in [1.807, 2.05) is 6.26 Å². The van der Waals surface area contributed by atoms with E-state index in [0.717, 1.165) is 19.3 Å². The van der Waals surface area contributed by atoms with Gasteiger partial charge < -0.3 is 15.7 Å². The van der Waals surface area contributed by atoms with Crippen LogP contribution in [0.1, 0.15) is 39.5 Å². The van der Waals surface area contributed by atoms with Gasteiger partial charge in [-0.25, -0.2) is 9.59 Å². The third-order valence-corrected chi connectivity index (χ3v) is 4.61. The Labute approximate surface area is 125 Å². The van der Waals surface area contributed by atoms with Crippen LogP contribution in [-0.2, 0) is 4.79 Å². The van der Waals surface area contributed by atoms with E-state index in [1.54, 1.807) is 11.8 Å². The fraction of sp³-hybridized carbons (Fsp3) is 0.857. The Balaban J connectivity index is 2.43. The molecule has 0 heterocycles. The molecule has 20 heavy (non-hydrogen) atoms. The molecule has 1 aliphatic carbocycles. The maximum atomic E-state index is 11.9. The predicted octanol–water partition coefficient (Wildman–Crippen LogP) is 2.32. The summed E-state index contributed by atoms with van der Waals surface area (Å²) in [5.74, 6) is 0.896. The van der Waals surface area contributed by atoms with Crippen LogP contribution in [0.2, 0.25) is 0 Å². The number of rotatable bonds is 6. The molecule has 6 heteroatoms. The molecule has 0 aromatic heterocycles. The number of thioether (sulfide) groups is 1. The second-order valence-corrected chi connectivity index (χ2v) is 6.78. The number of carboxylic acid groups (broad SMARTS) is 1. The number of urea groups is 1. The van der Waals surface area contributed by atoms with Crippen molar-refractivity contribution in [1.82, 2.24) is 10.6 Å². The average molecular weight is 302 g/mol. The second kappa shape index (κ2) is 8.39. The zero-order valence-corrected chi connectivity index (χ0v) is 13.3. The van der Waals surface area contributed by atoms with Crippen molar-refractivity contribution in [2.24, 2.45) is 11.8 Å². The van der Waals surface area contributed by atoms with E-state index >= 15 is 0 Å². The lowest BCUT2D eigenvalue weighted by Gasteiger charge is -2.33. The number of carbonyl (C=O) groups excluding carboxylic acids is 1. The molecule has 0 aromatic rings. The summed E-state index contributed by atoms with van der Waals surface area (Å²) in [7, 11) is 0. The van der Waals surface area contributed by atoms with Gasteiger partial charge >= 0.3 is 12.0 Å². The van der Waals surface area contributed by atoms with E-state index in [0.29, 0.717) is 24.0 Å². The van der Waals surface area contributed by atoms with Crippen molar-refractivity contribution in [3.63, 3.8) is 0 Å². The Hall–Kier alpha value is -0.910. The quantitative estimate of drug-likeness (QED) is 0.703. The first-order chi connectivity index (χ1) is 9.43. The molecule has 1 rings (SSSR count). The van der Waals surface area contributed by atoms with E-state index < -0.39 is 12.0 Å². The molecule has 1 fully saturated rings. The molecule has 0 bridgehead atoms. The van der Waals surface area contributed by atoms with Crippen LogP contribution in [-0.4, -0.2) is 41.2 Å². The zero-order valence-electron chi connectivity index (χ0n) is 12.5. The first-order valence-electron chi connectivity index (χ1n) is 7.22. The van der Waals surface area contributed by atoms with Crippen LogP contribution in [0, 0.1) is 11.8 Å². The highest BCUT2D eigenvalue weighted by Crippen LogP contribution is 2.28. The highest BCUT2D eigenvalue weighted by Gasteiger charge is 2.27. The van der Waals surface area contributed by atoms with Crippen molar-refractivity contribution < 1.29 is 14.7 Å². The molecule has 1 aliphatic rings. The zero-order chi connectivity index (χ0) is 15.1. The molecule has 3 unspecified atom stereocenters. The third kappa shape index (κ3) is 5.61. The minimum atomic E-state index is -0.973. The van der Waals surface area contributed by atoms with Crippen LogP contribution in [0.25, 0.3) is 0 Å². The molecule has 2 amide bonds. The van der Waals surface area contributed by atoms with Gasteiger partial charge in [0.05, 0.1) is 0 Å². The van der Waals surface area contributed by atoms with Crippen LogP contribution < -0.4 is 10.6 Å². The minimum Gasteiger partial charge on any atom is -0.480 e. The van der Waals surface area contributed by atoms with E-state index in [4.69, 9.17) is 5.11 Å². The van der Waals surface area contributed by atoms with Gasteiger partial charge in [-0.2, -0.15) is 11.8 Å². The highest BCUT2D eigenvalue weighted by atomic mass is 32.2. The van der Waals surface area contributed by atoms with Crippen molar-refractivity contribution in [3.8, 4) is 0 Å². The van der Waals surface area contributed by atoms with Gasteiger partial charge in [-0.3, -0.25) is 0 Å². The molecule has 3 N–H and O–H groups in total. The number of hydrogen-bond donors (Lipinski definition) is 3. The maximum Gasteiger partial charge on any atom is 0.326 e. The molecule has 4 atom stereocenters. The standard InChI is InChI=1S/C14H26N2O3S/c1-9-4-5-11(10(2)8-9)15-14(19)16-12(13(17)18)6-7-20-3/h9-12H,4-8H2,1-3H3,(H,17,18)(H2,15,16,19)/t9?,10?,11?,12-/m1/s1. The lowest BCUT2D eigenvalue weighted by atomic mass is 9.80. The lowest BCUT2D eigenvalue weighted by Crippen LogP contribution is -2.51. The molecule has 0 spiro atoms.